The quantitative estimate of drug-likeness (QED) is 0.898. The number of nitrogens with one attached hydrogen (secondary N) is 1. The Morgan fingerprint density at radius 2 is 2.14 bits per heavy atom. The first kappa shape index (κ1) is 17.2. The van der Waals surface area contributed by atoms with Gasteiger partial charge in [-0.05, 0) is 44.9 Å². The molecule has 0 aromatic heterocycles. The molecule has 0 saturated carbocycles. The minimum absolute atomic E-state index is 0.0968. The maximum absolute atomic E-state index is 13.3. The van der Waals surface area contributed by atoms with E-state index in [1.165, 1.54) is 16.4 Å². The number of hydrogen-bond donors (Lipinski definition) is 1. The highest BCUT2D eigenvalue weighted by Gasteiger charge is 2.27. The topological polar surface area (TPSA) is 52.7 Å². The smallest absolute Gasteiger partial charge is 0.279 e. The van der Waals surface area contributed by atoms with Gasteiger partial charge in [-0.1, -0.05) is 6.07 Å². The molecule has 1 saturated heterocycles. The molecule has 1 aliphatic rings. The summed E-state index contributed by atoms with van der Waals surface area (Å²) in [6.07, 6.45) is 1.66. The molecule has 0 aliphatic carbocycles. The van der Waals surface area contributed by atoms with E-state index in [-0.39, 0.29) is 17.9 Å². The lowest BCUT2D eigenvalue weighted by molar-refractivity contribution is 0.386. The Morgan fingerprint density at radius 3 is 2.77 bits per heavy atom. The highest BCUT2D eigenvalue weighted by molar-refractivity contribution is 7.87. The molecule has 0 unspecified atom stereocenters. The summed E-state index contributed by atoms with van der Waals surface area (Å²) in [5.74, 6) is -0.278. The van der Waals surface area contributed by atoms with E-state index in [1.807, 2.05) is 24.8 Å². The molecule has 7 heteroatoms. The number of hydrogen-bond acceptors (Lipinski definition) is 3. The third-order valence-electron chi connectivity index (χ3n) is 4.02. The molecule has 0 amide bonds. The maximum atomic E-state index is 13.3. The Morgan fingerprint density at radius 1 is 1.41 bits per heavy atom. The maximum Gasteiger partial charge on any atom is 0.279 e. The van der Waals surface area contributed by atoms with Gasteiger partial charge in [0, 0.05) is 37.9 Å². The van der Waals surface area contributed by atoms with Gasteiger partial charge in [-0.3, -0.25) is 0 Å². The number of rotatable bonds is 5. The fourth-order valence-corrected chi connectivity index (χ4v) is 3.89. The molecule has 0 spiro atoms. The minimum atomic E-state index is -3.49. The van der Waals surface area contributed by atoms with Crippen molar-refractivity contribution in [3.63, 3.8) is 0 Å². The number of anilines is 1. The zero-order valence-electron chi connectivity index (χ0n) is 13.3. The molecule has 22 heavy (non-hydrogen) atoms. The standard InChI is InChI=1S/C15H24FN3O2S/c1-12(2)18(3)22(20,21)17-14-7-5-9-19(11-14)15-8-4-6-13(16)10-15/h4,6,8,10,12,14,17H,5,7,9,11H2,1-3H3/t14-/m1/s1. The molecule has 1 aromatic carbocycles. The highest BCUT2D eigenvalue weighted by atomic mass is 32.2. The second-order valence-electron chi connectivity index (χ2n) is 6.00. The fourth-order valence-electron chi connectivity index (χ4n) is 2.55. The number of benzene rings is 1. The van der Waals surface area contributed by atoms with E-state index < -0.39 is 10.2 Å². The van der Waals surface area contributed by atoms with Crippen LogP contribution in [0.3, 0.4) is 0 Å². The molecule has 1 N–H and O–H groups in total. The van der Waals surface area contributed by atoms with Crippen molar-refractivity contribution in [3.05, 3.63) is 30.1 Å². The van der Waals surface area contributed by atoms with Crippen LogP contribution in [0.1, 0.15) is 26.7 Å². The van der Waals surface area contributed by atoms with Crippen molar-refractivity contribution in [2.24, 2.45) is 0 Å². The highest BCUT2D eigenvalue weighted by Crippen LogP contribution is 2.21. The summed E-state index contributed by atoms with van der Waals surface area (Å²) < 4.78 is 42.0. The lowest BCUT2D eigenvalue weighted by Crippen LogP contribution is -2.52. The van der Waals surface area contributed by atoms with Gasteiger partial charge in [0.15, 0.2) is 0 Å². The first-order valence-electron chi connectivity index (χ1n) is 7.55. The van der Waals surface area contributed by atoms with Gasteiger partial charge in [-0.15, -0.1) is 0 Å². The third-order valence-corrected chi connectivity index (χ3v) is 5.83. The van der Waals surface area contributed by atoms with Crippen molar-refractivity contribution in [2.45, 2.75) is 38.8 Å². The van der Waals surface area contributed by atoms with Crippen molar-refractivity contribution in [2.75, 3.05) is 25.0 Å². The Labute approximate surface area is 132 Å². The molecule has 1 aromatic rings. The van der Waals surface area contributed by atoms with Crippen LogP contribution in [0, 0.1) is 5.82 Å². The normalized spacial score (nSPS) is 19.9. The Bertz CT molecular complexity index is 607. The summed E-state index contributed by atoms with van der Waals surface area (Å²) in [6.45, 7) is 5.02. The minimum Gasteiger partial charge on any atom is -0.370 e. The largest absolute Gasteiger partial charge is 0.370 e. The molecule has 0 radical (unpaired) electrons. The van der Waals surface area contributed by atoms with E-state index in [9.17, 15) is 12.8 Å². The van der Waals surface area contributed by atoms with Gasteiger partial charge in [0.05, 0.1) is 0 Å². The van der Waals surface area contributed by atoms with Gasteiger partial charge in [-0.2, -0.15) is 17.4 Å². The summed E-state index contributed by atoms with van der Waals surface area (Å²) in [5, 5.41) is 0. The van der Waals surface area contributed by atoms with Gasteiger partial charge in [0.1, 0.15) is 5.82 Å². The van der Waals surface area contributed by atoms with E-state index >= 15 is 0 Å². The van der Waals surface area contributed by atoms with Crippen molar-refractivity contribution >= 4 is 15.9 Å². The van der Waals surface area contributed by atoms with E-state index in [0.29, 0.717) is 6.54 Å². The second-order valence-corrected chi connectivity index (χ2v) is 7.76. The third kappa shape index (κ3) is 4.18. The Balaban J connectivity index is 2.05. The van der Waals surface area contributed by atoms with Gasteiger partial charge in [-0.25, -0.2) is 4.39 Å². The van der Waals surface area contributed by atoms with Crippen LogP contribution in [0.2, 0.25) is 0 Å². The zero-order chi connectivity index (χ0) is 16.3. The van der Waals surface area contributed by atoms with E-state index in [2.05, 4.69) is 4.72 Å². The molecule has 1 heterocycles. The Hall–Kier alpha value is -1.18. The molecule has 2 rings (SSSR count). The summed E-state index contributed by atoms with van der Waals surface area (Å²) in [5.41, 5.74) is 0.793. The van der Waals surface area contributed by atoms with Crippen LogP contribution in [0.25, 0.3) is 0 Å². The Kier molecular flexibility index (Phi) is 5.41. The van der Waals surface area contributed by atoms with E-state index in [4.69, 9.17) is 0 Å². The fraction of sp³-hybridized carbons (Fsp3) is 0.600. The van der Waals surface area contributed by atoms with E-state index in [0.717, 1.165) is 25.1 Å². The monoisotopic (exact) mass is 329 g/mol. The first-order valence-corrected chi connectivity index (χ1v) is 8.99. The van der Waals surface area contributed by atoms with Crippen LogP contribution in [0.4, 0.5) is 10.1 Å². The number of halogens is 1. The van der Waals surface area contributed by atoms with Crippen molar-refractivity contribution in [1.82, 2.24) is 9.03 Å². The molecular formula is C15H24FN3O2S. The van der Waals surface area contributed by atoms with Crippen LogP contribution >= 0.6 is 0 Å². The molecular weight excluding hydrogens is 305 g/mol. The lowest BCUT2D eigenvalue weighted by Gasteiger charge is -2.35. The van der Waals surface area contributed by atoms with Gasteiger partial charge in [0.2, 0.25) is 0 Å². The van der Waals surface area contributed by atoms with Gasteiger partial charge >= 0.3 is 0 Å². The summed E-state index contributed by atoms with van der Waals surface area (Å²) in [4.78, 5) is 2.02. The van der Waals surface area contributed by atoms with Crippen LogP contribution in [-0.4, -0.2) is 44.9 Å². The van der Waals surface area contributed by atoms with Crippen molar-refractivity contribution in [1.29, 1.82) is 0 Å². The number of piperidine rings is 1. The SMILES string of the molecule is CC(C)N(C)S(=O)(=O)N[C@@H]1CCCN(c2cccc(F)c2)C1. The van der Waals surface area contributed by atoms with Gasteiger partial charge in [0.25, 0.3) is 10.2 Å². The number of nitrogens with zero attached hydrogens (tertiary/aromatic N) is 2. The summed E-state index contributed by atoms with van der Waals surface area (Å²) >= 11 is 0. The molecule has 1 fully saturated rings. The zero-order valence-corrected chi connectivity index (χ0v) is 14.1. The average Bonchev–Trinajstić information content (AvgIpc) is 2.46. The van der Waals surface area contributed by atoms with Crippen molar-refractivity contribution in [3.8, 4) is 0 Å². The predicted molar refractivity (Wildman–Crippen MR) is 86.6 cm³/mol. The summed E-state index contributed by atoms with van der Waals surface area (Å²) in [6, 6.07) is 6.15. The summed E-state index contributed by atoms with van der Waals surface area (Å²) in [7, 11) is -1.92. The molecule has 1 aliphatic heterocycles. The molecule has 124 valence electrons. The molecule has 5 nitrogen and oxygen atoms in total. The van der Waals surface area contributed by atoms with Gasteiger partial charge < -0.3 is 4.90 Å². The van der Waals surface area contributed by atoms with Crippen LogP contribution in [0.15, 0.2) is 24.3 Å². The lowest BCUT2D eigenvalue weighted by atomic mass is 10.1. The van der Waals surface area contributed by atoms with Crippen molar-refractivity contribution < 1.29 is 12.8 Å². The van der Waals surface area contributed by atoms with Crippen LogP contribution in [-0.2, 0) is 10.2 Å². The predicted octanol–water partition coefficient (Wildman–Crippen LogP) is 1.97. The van der Waals surface area contributed by atoms with Crippen LogP contribution in [0.5, 0.6) is 0 Å². The second kappa shape index (κ2) is 6.93. The first-order chi connectivity index (χ1) is 10.3. The van der Waals surface area contributed by atoms with Crippen LogP contribution < -0.4 is 9.62 Å². The molecule has 0 bridgehead atoms. The molecule has 1 atom stereocenters. The van der Waals surface area contributed by atoms with E-state index in [1.54, 1.807) is 13.1 Å². The average molecular weight is 329 g/mol.